The predicted molar refractivity (Wildman–Crippen MR) is 108 cm³/mol. The standard InChI is InChI=1S/C21H21N3O5/c1-13(25)22-15-5-4-6-16(10-15)23-21(26)12-17-11-19(29-24-17)14-7-8-18(27-2)20(9-14)28-3/h4-11H,12H2,1-3H3,(H,22,25)(H,23,26). The maximum Gasteiger partial charge on any atom is 0.230 e. The first kappa shape index (κ1) is 19.9. The lowest BCUT2D eigenvalue weighted by Crippen LogP contribution is -2.15. The third kappa shape index (κ3) is 5.13. The van der Waals surface area contributed by atoms with Gasteiger partial charge in [0.2, 0.25) is 11.8 Å². The molecule has 0 fully saturated rings. The first-order valence-corrected chi connectivity index (χ1v) is 8.84. The molecule has 0 bridgehead atoms. The van der Waals surface area contributed by atoms with Crippen LogP contribution < -0.4 is 20.1 Å². The zero-order valence-electron chi connectivity index (χ0n) is 16.3. The van der Waals surface area contributed by atoms with Gasteiger partial charge in [-0.05, 0) is 36.4 Å². The van der Waals surface area contributed by atoms with E-state index in [0.717, 1.165) is 5.56 Å². The third-order valence-electron chi connectivity index (χ3n) is 4.04. The minimum Gasteiger partial charge on any atom is -0.493 e. The molecule has 2 N–H and O–H groups in total. The van der Waals surface area contributed by atoms with E-state index in [1.165, 1.54) is 6.92 Å². The van der Waals surface area contributed by atoms with Gasteiger partial charge in [0.05, 0.1) is 26.3 Å². The van der Waals surface area contributed by atoms with E-state index >= 15 is 0 Å². The molecular formula is C21H21N3O5. The number of methoxy groups -OCH3 is 2. The maximum absolute atomic E-state index is 12.3. The Labute approximate surface area is 167 Å². The highest BCUT2D eigenvalue weighted by Gasteiger charge is 2.13. The normalized spacial score (nSPS) is 10.3. The minimum absolute atomic E-state index is 0.0428. The highest BCUT2D eigenvalue weighted by molar-refractivity contribution is 5.94. The van der Waals surface area contributed by atoms with Crippen LogP contribution in [-0.2, 0) is 16.0 Å². The lowest BCUT2D eigenvalue weighted by atomic mass is 10.1. The molecule has 3 rings (SSSR count). The van der Waals surface area contributed by atoms with E-state index in [4.69, 9.17) is 14.0 Å². The zero-order chi connectivity index (χ0) is 20.8. The second kappa shape index (κ2) is 8.92. The molecule has 0 radical (unpaired) electrons. The fourth-order valence-electron chi connectivity index (χ4n) is 2.77. The van der Waals surface area contributed by atoms with E-state index in [1.807, 2.05) is 6.07 Å². The Morgan fingerprint density at radius 3 is 2.38 bits per heavy atom. The zero-order valence-corrected chi connectivity index (χ0v) is 16.3. The number of benzene rings is 2. The maximum atomic E-state index is 12.3. The highest BCUT2D eigenvalue weighted by atomic mass is 16.5. The fraction of sp³-hybridized carbons (Fsp3) is 0.190. The van der Waals surface area contributed by atoms with Crippen molar-refractivity contribution < 1.29 is 23.6 Å². The third-order valence-corrected chi connectivity index (χ3v) is 4.04. The molecule has 1 heterocycles. The van der Waals surface area contributed by atoms with Crippen molar-refractivity contribution in [2.75, 3.05) is 24.9 Å². The molecule has 2 aromatic carbocycles. The van der Waals surface area contributed by atoms with Crippen molar-refractivity contribution in [2.24, 2.45) is 0 Å². The Balaban J connectivity index is 1.67. The van der Waals surface area contributed by atoms with Crippen LogP contribution in [0.2, 0.25) is 0 Å². The Morgan fingerprint density at radius 1 is 0.966 bits per heavy atom. The highest BCUT2D eigenvalue weighted by Crippen LogP contribution is 2.32. The van der Waals surface area contributed by atoms with E-state index in [-0.39, 0.29) is 18.2 Å². The van der Waals surface area contributed by atoms with Crippen LogP contribution in [-0.4, -0.2) is 31.2 Å². The number of amides is 2. The van der Waals surface area contributed by atoms with Gasteiger partial charge in [0.1, 0.15) is 0 Å². The minimum atomic E-state index is -0.253. The van der Waals surface area contributed by atoms with Crippen molar-refractivity contribution >= 4 is 23.2 Å². The van der Waals surface area contributed by atoms with Crippen molar-refractivity contribution in [3.63, 3.8) is 0 Å². The number of aromatic nitrogens is 1. The van der Waals surface area contributed by atoms with Crippen LogP contribution in [0.25, 0.3) is 11.3 Å². The van der Waals surface area contributed by atoms with E-state index in [0.29, 0.717) is 34.3 Å². The van der Waals surface area contributed by atoms with Gasteiger partial charge in [-0.25, -0.2) is 0 Å². The van der Waals surface area contributed by atoms with Gasteiger partial charge in [-0.2, -0.15) is 0 Å². The number of carbonyl (C=O) groups excluding carboxylic acids is 2. The number of hydrogen-bond acceptors (Lipinski definition) is 6. The van der Waals surface area contributed by atoms with Gasteiger partial charge < -0.3 is 24.6 Å². The second-order valence-corrected chi connectivity index (χ2v) is 6.24. The first-order valence-electron chi connectivity index (χ1n) is 8.84. The second-order valence-electron chi connectivity index (χ2n) is 6.24. The van der Waals surface area contributed by atoms with Crippen LogP contribution in [0.4, 0.5) is 11.4 Å². The van der Waals surface area contributed by atoms with Crippen LogP contribution in [0.1, 0.15) is 12.6 Å². The molecule has 150 valence electrons. The van der Waals surface area contributed by atoms with Crippen LogP contribution in [0.15, 0.2) is 53.1 Å². The van der Waals surface area contributed by atoms with Crippen molar-refractivity contribution in [1.82, 2.24) is 5.16 Å². The van der Waals surface area contributed by atoms with Gasteiger partial charge in [0.25, 0.3) is 0 Å². The molecule has 1 aromatic heterocycles. The van der Waals surface area contributed by atoms with Gasteiger partial charge in [-0.1, -0.05) is 11.2 Å². The number of carbonyl (C=O) groups is 2. The summed E-state index contributed by atoms with van der Waals surface area (Å²) in [5.74, 6) is 1.26. The summed E-state index contributed by atoms with van der Waals surface area (Å²) in [6.07, 6.45) is 0.0428. The smallest absolute Gasteiger partial charge is 0.230 e. The molecule has 0 saturated heterocycles. The number of nitrogens with zero attached hydrogens (tertiary/aromatic N) is 1. The Hall–Kier alpha value is -3.81. The van der Waals surface area contributed by atoms with Crippen LogP contribution in [0.5, 0.6) is 11.5 Å². The van der Waals surface area contributed by atoms with Crippen LogP contribution in [0, 0.1) is 0 Å². The average Bonchev–Trinajstić information content (AvgIpc) is 3.15. The van der Waals surface area contributed by atoms with E-state index < -0.39 is 0 Å². The number of rotatable bonds is 7. The predicted octanol–water partition coefficient (Wildman–Crippen LogP) is 3.50. The molecule has 0 aliphatic carbocycles. The molecule has 8 nitrogen and oxygen atoms in total. The van der Waals surface area contributed by atoms with Crippen molar-refractivity contribution in [3.8, 4) is 22.8 Å². The number of hydrogen-bond donors (Lipinski definition) is 2. The monoisotopic (exact) mass is 395 g/mol. The Bertz CT molecular complexity index is 1030. The van der Waals surface area contributed by atoms with Gasteiger partial charge >= 0.3 is 0 Å². The Kier molecular flexibility index (Phi) is 6.13. The van der Waals surface area contributed by atoms with Gasteiger partial charge in [0, 0.05) is 29.9 Å². The summed E-state index contributed by atoms with van der Waals surface area (Å²) >= 11 is 0. The summed E-state index contributed by atoms with van der Waals surface area (Å²) in [7, 11) is 3.12. The molecule has 29 heavy (non-hydrogen) atoms. The average molecular weight is 395 g/mol. The SMILES string of the molecule is COc1ccc(-c2cc(CC(=O)Nc3cccc(NC(C)=O)c3)no2)cc1OC. The quantitative estimate of drug-likeness (QED) is 0.635. The first-order chi connectivity index (χ1) is 14.0. The fourth-order valence-corrected chi connectivity index (χ4v) is 2.77. The van der Waals surface area contributed by atoms with Gasteiger partial charge in [0.15, 0.2) is 17.3 Å². The Morgan fingerprint density at radius 2 is 1.69 bits per heavy atom. The summed E-state index contributed by atoms with van der Waals surface area (Å²) in [6, 6.07) is 14.0. The summed E-state index contributed by atoms with van der Waals surface area (Å²) in [5.41, 5.74) is 2.42. The largest absolute Gasteiger partial charge is 0.493 e. The van der Waals surface area contributed by atoms with Crippen molar-refractivity contribution in [2.45, 2.75) is 13.3 Å². The number of ether oxygens (including phenoxy) is 2. The van der Waals surface area contributed by atoms with Crippen molar-refractivity contribution in [3.05, 3.63) is 54.2 Å². The molecule has 0 atom stereocenters. The summed E-state index contributed by atoms with van der Waals surface area (Å²) in [6.45, 7) is 1.42. The molecule has 3 aromatic rings. The van der Waals surface area contributed by atoms with Gasteiger partial charge in [-0.3, -0.25) is 9.59 Å². The van der Waals surface area contributed by atoms with Gasteiger partial charge in [-0.15, -0.1) is 0 Å². The molecule has 0 aliphatic heterocycles. The van der Waals surface area contributed by atoms with Crippen LogP contribution >= 0.6 is 0 Å². The molecule has 8 heteroatoms. The van der Waals surface area contributed by atoms with Crippen LogP contribution in [0.3, 0.4) is 0 Å². The van der Waals surface area contributed by atoms with E-state index in [2.05, 4.69) is 15.8 Å². The summed E-state index contributed by atoms with van der Waals surface area (Å²) < 4.78 is 15.9. The number of anilines is 2. The molecular weight excluding hydrogens is 374 g/mol. The van der Waals surface area contributed by atoms with E-state index in [9.17, 15) is 9.59 Å². The lowest BCUT2D eigenvalue weighted by Gasteiger charge is -2.07. The molecule has 2 amide bonds. The van der Waals surface area contributed by atoms with Crippen molar-refractivity contribution in [1.29, 1.82) is 0 Å². The summed E-state index contributed by atoms with van der Waals surface area (Å²) in [5, 5.41) is 9.41. The van der Waals surface area contributed by atoms with E-state index in [1.54, 1.807) is 56.7 Å². The molecule has 0 aliphatic rings. The summed E-state index contributed by atoms with van der Waals surface area (Å²) in [4.78, 5) is 23.5. The molecule has 0 saturated carbocycles. The lowest BCUT2D eigenvalue weighted by molar-refractivity contribution is -0.116. The molecule has 0 unspecified atom stereocenters. The topological polar surface area (TPSA) is 103 Å². The molecule has 0 spiro atoms. The number of nitrogens with one attached hydrogen (secondary N) is 2.